The van der Waals surface area contributed by atoms with Crippen LogP contribution in [-0.2, 0) is 5.75 Å². The van der Waals surface area contributed by atoms with Crippen molar-refractivity contribution in [3.63, 3.8) is 0 Å². The van der Waals surface area contributed by atoms with E-state index in [2.05, 4.69) is 44.0 Å². The maximum Gasteiger partial charge on any atom is 0.133 e. The van der Waals surface area contributed by atoms with Crippen LogP contribution in [-0.4, -0.2) is 36.1 Å². The van der Waals surface area contributed by atoms with Crippen LogP contribution in [0.25, 0.3) is 0 Å². The van der Waals surface area contributed by atoms with Gasteiger partial charge >= 0.3 is 0 Å². The summed E-state index contributed by atoms with van der Waals surface area (Å²) in [6.45, 7) is 3.80. The van der Waals surface area contributed by atoms with E-state index in [1.807, 2.05) is 18.2 Å². The van der Waals surface area contributed by atoms with Crippen molar-refractivity contribution in [1.82, 2.24) is 9.97 Å². The van der Waals surface area contributed by atoms with Crippen molar-refractivity contribution < 1.29 is 4.39 Å². The first-order chi connectivity index (χ1) is 13.3. The number of halogens is 1. The van der Waals surface area contributed by atoms with E-state index in [1.54, 1.807) is 30.2 Å². The molecular weight excluding hydrogens is 359 g/mol. The summed E-state index contributed by atoms with van der Waals surface area (Å²) in [4.78, 5) is 13.5. The Labute approximate surface area is 163 Å². The van der Waals surface area contributed by atoms with Crippen LogP contribution in [0, 0.1) is 5.82 Å². The van der Waals surface area contributed by atoms with Crippen LogP contribution >= 0.6 is 11.8 Å². The summed E-state index contributed by atoms with van der Waals surface area (Å²) in [5, 5.41) is 0.912. The number of nitrogens with zero attached hydrogens (tertiary/aromatic N) is 4. The van der Waals surface area contributed by atoms with E-state index in [-0.39, 0.29) is 5.82 Å². The fourth-order valence-electron chi connectivity index (χ4n) is 3.20. The molecule has 2 aromatic carbocycles. The minimum absolute atomic E-state index is 0.201. The Kier molecular flexibility index (Phi) is 5.53. The second-order valence-corrected chi connectivity index (χ2v) is 7.44. The molecule has 1 aromatic heterocycles. The minimum atomic E-state index is -0.201. The van der Waals surface area contributed by atoms with E-state index in [0.717, 1.165) is 42.6 Å². The second kappa shape index (κ2) is 8.39. The first kappa shape index (κ1) is 17.8. The van der Waals surface area contributed by atoms with Crippen LogP contribution in [0.2, 0.25) is 0 Å². The third-order valence-electron chi connectivity index (χ3n) is 4.63. The van der Waals surface area contributed by atoms with Crippen LogP contribution < -0.4 is 9.80 Å². The van der Waals surface area contributed by atoms with Gasteiger partial charge in [-0.25, -0.2) is 14.4 Å². The van der Waals surface area contributed by atoms with Gasteiger partial charge in [0.25, 0.3) is 0 Å². The number of para-hydroxylation sites is 1. The number of hydrogen-bond acceptors (Lipinski definition) is 5. The number of anilines is 2. The molecule has 138 valence electrons. The SMILES string of the molecule is Fc1cccc(CSc2cc(N3CCN(c4ccccc4)CC3)ncn2)c1. The molecule has 0 bridgehead atoms. The van der Waals surface area contributed by atoms with Crippen molar-refractivity contribution in [2.45, 2.75) is 10.8 Å². The van der Waals surface area contributed by atoms with Gasteiger partial charge in [0, 0.05) is 43.7 Å². The molecule has 1 fully saturated rings. The van der Waals surface area contributed by atoms with Crippen LogP contribution in [0.3, 0.4) is 0 Å². The lowest BCUT2D eigenvalue weighted by Gasteiger charge is -2.36. The van der Waals surface area contributed by atoms with E-state index >= 15 is 0 Å². The summed E-state index contributed by atoms with van der Waals surface area (Å²) in [6, 6.07) is 19.2. The Morgan fingerprint density at radius 1 is 0.852 bits per heavy atom. The van der Waals surface area contributed by atoms with Gasteiger partial charge in [0.15, 0.2) is 0 Å². The third kappa shape index (κ3) is 4.57. The lowest BCUT2D eigenvalue weighted by molar-refractivity contribution is 0.626. The van der Waals surface area contributed by atoms with E-state index in [9.17, 15) is 4.39 Å². The molecule has 3 aromatic rings. The summed E-state index contributed by atoms with van der Waals surface area (Å²) >= 11 is 1.60. The number of benzene rings is 2. The van der Waals surface area contributed by atoms with Gasteiger partial charge in [0.05, 0.1) is 0 Å². The monoisotopic (exact) mass is 380 g/mol. The molecule has 1 aliphatic heterocycles. The van der Waals surface area contributed by atoms with Crippen molar-refractivity contribution >= 4 is 23.3 Å². The van der Waals surface area contributed by atoms with E-state index in [0.29, 0.717) is 5.75 Å². The Morgan fingerprint density at radius 3 is 2.41 bits per heavy atom. The molecule has 4 nitrogen and oxygen atoms in total. The van der Waals surface area contributed by atoms with Gasteiger partial charge in [-0.15, -0.1) is 11.8 Å². The lowest BCUT2D eigenvalue weighted by atomic mass is 10.2. The fourth-order valence-corrected chi connectivity index (χ4v) is 4.00. The maximum atomic E-state index is 13.3. The maximum absolute atomic E-state index is 13.3. The van der Waals surface area contributed by atoms with Crippen molar-refractivity contribution in [1.29, 1.82) is 0 Å². The van der Waals surface area contributed by atoms with Crippen molar-refractivity contribution in [3.05, 3.63) is 78.4 Å². The molecule has 0 N–H and O–H groups in total. The van der Waals surface area contributed by atoms with Gasteiger partial charge in [-0.2, -0.15) is 0 Å². The molecule has 27 heavy (non-hydrogen) atoms. The molecule has 0 saturated carbocycles. The van der Waals surface area contributed by atoms with Crippen LogP contribution in [0.5, 0.6) is 0 Å². The molecule has 4 rings (SSSR count). The molecular formula is C21H21FN4S. The smallest absolute Gasteiger partial charge is 0.133 e. The molecule has 6 heteroatoms. The van der Waals surface area contributed by atoms with Crippen molar-refractivity contribution in [3.8, 4) is 0 Å². The summed E-state index contributed by atoms with van der Waals surface area (Å²) in [5.41, 5.74) is 2.22. The summed E-state index contributed by atoms with van der Waals surface area (Å²) in [5.74, 6) is 1.45. The fraction of sp³-hybridized carbons (Fsp3) is 0.238. The highest BCUT2D eigenvalue weighted by molar-refractivity contribution is 7.98. The molecule has 1 saturated heterocycles. The Morgan fingerprint density at radius 2 is 1.63 bits per heavy atom. The molecule has 0 amide bonds. The Balaban J connectivity index is 1.37. The van der Waals surface area contributed by atoms with E-state index in [4.69, 9.17) is 0 Å². The summed E-state index contributed by atoms with van der Waals surface area (Å²) < 4.78 is 13.3. The molecule has 0 atom stereocenters. The standard InChI is InChI=1S/C21H21FN4S/c22-18-6-4-5-17(13-18)15-27-21-14-20(23-16-24-21)26-11-9-25(10-12-26)19-7-2-1-3-8-19/h1-8,13-14,16H,9-12,15H2. The van der Waals surface area contributed by atoms with Gasteiger partial charge in [0.2, 0.25) is 0 Å². The molecule has 0 unspecified atom stereocenters. The molecule has 0 aliphatic carbocycles. The van der Waals surface area contributed by atoms with Gasteiger partial charge in [-0.05, 0) is 29.8 Å². The quantitative estimate of drug-likeness (QED) is 0.488. The first-order valence-corrected chi connectivity index (χ1v) is 10.0. The predicted octanol–water partition coefficient (Wildman–Crippen LogP) is 4.23. The zero-order valence-electron chi connectivity index (χ0n) is 15.0. The number of aromatic nitrogens is 2. The third-order valence-corrected chi connectivity index (χ3v) is 5.63. The number of rotatable bonds is 5. The minimum Gasteiger partial charge on any atom is -0.368 e. The molecule has 1 aliphatic rings. The zero-order valence-corrected chi connectivity index (χ0v) is 15.8. The van der Waals surface area contributed by atoms with E-state index in [1.165, 1.54) is 11.8 Å². The van der Waals surface area contributed by atoms with Crippen LogP contribution in [0.1, 0.15) is 5.56 Å². The van der Waals surface area contributed by atoms with E-state index < -0.39 is 0 Å². The van der Waals surface area contributed by atoms with Gasteiger partial charge in [-0.3, -0.25) is 0 Å². The lowest BCUT2D eigenvalue weighted by Crippen LogP contribution is -2.46. The van der Waals surface area contributed by atoms with Gasteiger partial charge in [-0.1, -0.05) is 30.3 Å². The zero-order chi connectivity index (χ0) is 18.5. The normalized spacial score (nSPS) is 14.4. The van der Waals surface area contributed by atoms with Gasteiger partial charge in [0.1, 0.15) is 23.0 Å². The number of hydrogen-bond donors (Lipinski definition) is 0. The number of piperazine rings is 1. The topological polar surface area (TPSA) is 32.3 Å². The highest BCUT2D eigenvalue weighted by atomic mass is 32.2. The first-order valence-electron chi connectivity index (χ1n) is 9.02. The predicted molar refractivity (Wildman–Crippen MR) is 109 cm³/mol. The van der Waals surface area contributed by atoms with Crippen LogP contribution in [0.15, 0.2) is 72.0 Å². The van der Waals surface area contributed by atoms with Crippen LogP contribution in [0.4, 0.5) is 15.9 Å². The summed E-state index contributed by atoms with van der Waals surface area (Å²) in [7, 11) is 0. The highest BCUT2D eigenvalue weighted by Gasteiger charge is 2.18. The highest BCUT2D eigenvalue weighted by Crippen LogP contribution is 2.25. The Hall–Kier alpha value is -2.60. The second-order valence-electron chi connectivity index (χ2n) is 6.44. The summed E-state index contributed by atoms with van der Waals surface area (Å²) in [6.07, 6.45) is 1.62. The molecule has 2 heterocycles. The average Bonchev–Trinajstić information content (AvgIpc) is 2.73. The molecule has 0 radical (unpaired) electrons. The van der Waals surface area contributed by atoms with Gasteiger partial charge < -0.3 is 9.80 Å². The molecule has 0 spiro atoms. The number of thioether (sulfide) groups is 1. The largest absolute Gasteiger partial charge is 0.368 e. The van der Waals surface area contributed by atoms with Crippen molar-refractivity contribution in [2.24, 2.45) is 0 Å². The Bertz CT molecular complexity index is 882. The van der Waals surface area contributed by atoms with Crippen molar-refractivity contribution in [2.75, 3.05) is 36.0 Å². The average molecular weight is 380 g/mol.